The number of anilines is 1. The number of fused-ring (bicyclic) bond motifs is 1. The van der Waals surface area contributed by atoms with Gasteiger partial charge in [0, 0.05) is 32.1 Å². The maximum Gasteiger partial charge on any atom is 0.227 e. The molecule has 2 aliphatic rings. The lowest BCUT2D eigenvalue weighted by molar-refractivity contribution is -0.136. The Balaban J connectivity index is 1.20. The molecule has 2 aliphatic heterocycles. The molecule has 30 heavy (non-hydrogen) atoms. The number of carbonyl (C=O) groups excluding carboxylic acids is 1. The minimum atomic E-state index is 0.0129. The summed E-state index contributed by atoms with van der Waals surface area (Å²) in [5, 5.41) is 8.50. The second-order valence-corrected chi connectivity index (χ2v) is 8.63. The van der Waals surface area contributed by atoms with Crippen molar-refractivity contribution in [2.24, 2.45) is 5.92 Å². The largest absolute Gasteiger partial charge is 0.354 e. The second-order valence-electron chi connectivity index (χ2n) is 8.24. The first-order valence-electron chi connectivity index (χ1n) is 10.6. The summed E-state index contributed by atoms with van der Waals surface area (Å²) in [5.41, 5.74) is 2.09. The number of imidazole rings is 1. The number of nitrogens with one attached hydrogen (secondary N) is 1. The number of aromatic amines is 1. The number of halogens is 1. The van der Waals surface area contributed by atoms with Crippen LogP contribution in [0.25, 0.3) is 11.0 Å². The Bertz CT molecular complexity index is 995. The molecule has 0 spiro atoms. The Labute approximate surface area is 180 Å². The van der Waals surface area contributed by atoms with Crippen LogP contribution in [0.4, 0.5) is 5.82 Å². The van der Waals surface area contributed by atoms with Crippen molar-refractivity contribution < 1.29 is 4.79 Å². The number of hydrogen-bond acceptors (Lipinski definition) is 5. The zero-order chi connectivity index (χ0) is 20.5. The number of nitrogens with zero attached hydrogens (tertiary/aromatic N) is 5. The quantitative estimate of drug-likeness (QED) is 0.694. The summed E-state index contributed by atoms with van der Waals surface area (Å²) in [6, 6.07) is 11.8. The van der Waals surface area contributed by atoms with Gasteiger partial charge in [-0.3, -0.25) is 4.79 Å². The minimum Gasteiger partial charge on any atom is -0.354 e. The first-order valence-corrected chi connectivity index (χ1v) is 11.0. The number of H-pyrrole nitrogens is 1. The first kappa shape index (κ1) is 19.3. The topological polar surface area (TPSA) is 78.0 Å². The van der Waals surface area contributed by atoms with Gasteiger partial charge in [-0.1, -0.05) is 23.7 Å². The first-order chi connectivity index (χ1) is 14.7. The third kappa shape index (κ3) is 3.86. The fraction of sp³-hybridized carbons (Fsp3) is 0.455. The van der Waals surface area contributed by atoms with Crippen LogP contribution in [0.15, 0.2) is 36.4 Å². The van der Waals surface area contributed by atoms with Gasteiger partial charge < -0.3 is 14.8 Å². The van der Waals surface area contributed by atoms with E-state index >= 15 is 0 Å². The summed E-state index contributed by atoms with van der Waals surface area (Å²) < 4.78 is 0. The molecule has 3 aromatic rings. The molecule has 4 heterocycles. The molecule has 2 fully saturated rings. The molecule has 156 valence electrons. The lowest BCUT2D eigenvalue weighted by atomic mass is 9.92. The Morgan fingerprint density at radius 3 is 2.63 bits per heavy atom. The maximum absolute atomic E-state index is 13.2. The van der Waals surface area contributed by atoms with Gasteiger partial charge in [0.05, 0.1) is 17.0 Å². The molecule has 1 aromatic carbocycles. The van der Waals surface area contributed by atoms with Gasteiger partial charge in [0.25, 0.3) is 0 Å². The van der Waals surface area contributed by atoms with Crippen molar-refractivity contribution in [2.45, 2.75) is 31.6 Å². The fourth-order valence-corrected chi connectivity index (χ4v) is 4.76. The molecule has 5 rings (SSSR count). The number of likely N-dealkylation sites (tertiary alicyclic amines) is 1. The third-order valence-corrected chi connectivity index (χ3v) is 6.52. The molecule has 0 aliphatic carbocycles. The summed E-state index contributed by atoms with van der Waals surface area (Å²) in [7, 11) is 0. The standard InChI is InChI=1S/C22H25ClN6O/c23-19-7-8-20(27-26-19)29-11-3-4-16(14-29)22(30)28-12-9-15(10-13-28)21-24-17-5-1-2-6-18(17)25-21/h1-2,5-8,15-16H,3-4,9-14H2,(H,24,25)/t16-/m0/s1. The van der Waals surface area contributed by atoms with Crippen LogP contribution >= 0.6 is 11.6 Å². The van der Waals surface area contributed by atoms with Gasteiger partial charge in [0.2, 0.25) is 5.91 Å². The molecule has 0 bridgehead atoms. The van der Waals surface area contributed by atoms with Crippen molar-refractivity contribution in [3.63, 3.8) is 0 Å². The molecule has 8 heteroatoms. The average molecular weight is 425 g/mol. The van der Waals surface area contributed by atoms with E-state index in [1.807, 2.05) is 29.2 Å². The molecule has 1 amide bonds. The van der Waals surface area contributed by atoms with Crippen LogP contribution in [0, 0.1) is 5.92 Å². The normalized spacial score (nSPS) is 20.6. The van der Waals surface area contributed by atoms with Crippen LogP contribution in [-0.4, -0.2) is 57.2 Å². The van der Waals surface area contributed by atoms with E-state index in [0.717, 1.165) is 68.0 Å². The van der Waals surface area contributed by atoms with E-state index in [2.05, 4.69) is 26.1 Å². The predicted octanol–water partition coefficient (Wildman–Crippen LogP) is 3.63. The summed E-state index contributed by atoms with van der Waals surface area (Å²) >= 11 is 5.85. The Hall–Kier alpha value is -2.67. The van der Waals surface area contributed by atoms with Gasteiger partial charge in [0.1, 0.15) is 5.82 Å². The molecule has 0 unspecified atom stereocenters. The van der Waals surface area contributed by atoms with E-state index in [-0.39, 0.29) is 11.8 Å². The summed E-state index contributed by atoms with van der Waals surface area (Å²) in [6.45, 7) is 3.17. The van der Waals surface area contributed by atoms with E-state index < -0.39 is 0 Å². The number of rotatable bonds is 3. The van der Waals surface area contributed by atoms with Crippen molar-refractivity contribution >= 4 is 34.4 Å². The van der Waals surface area contributed by atoms with E-state index in [1.165, 1.54) is 0 Å². The van der Waals surface area contributed by atoms with Gasteiger partial charge in [-0.05, 0) is 49.9 Å². The fourth-order valence-electron chi connectivity index (χ4n) is 4.66. The Morgan fingerprint density at radius 1 is 1.03 bits per heavy atom. The van der Waals surface area contributed by atoms with Gasteiger partial charge in [-0.2, -0.15) is 0 Å². The smallest absolute Gasteiger partial charge is 0.227 e. The Kier molecular flexibility index (Phi) is 5.29. The van der Waals surface area contributed by atoms with Crippen molar-refractivity contribution in [3.8, 4) is 0 Å². The number of piperidine rings is 2. The number of carbonyl (C=O) groups is 1. The summed E-state index contributed by atoms with van der Waals surface area (Å²) in [6.07, 6.45) is 3.81. The highest BCUT2D eigenvalue weighted by Gasteiger charge is 2.32. The van der Waals surface area contributed by atoms with Gasteiger partial charge in [0.15, 0.2) is 11.0 Å². The molecular weight excluding hydrogens is 400 g/mol. The van der Waals surface area contributed by atoms with Gasteiger partial charge in [-0.15, -0.1) is 10.2 Å². The van der Waals surface area contributed by atoms with Gasteiger partial charge in [-0.25, -0.2) is 4.98 Å². The van der Waals surface area contributed by atoms with Crippen LogP contribution in [0.2, 0.25) is 5.15 Å². The highest BCUT2D eigenvalue weighted by molar-refractivity contribution is 6.29. The molecule has 2 saturated heterocycles. The average Bonchev–Trinajstić information content (AvgIpc) is 3.24. The number of aromatic nitrogens is 4. The van der Waals surface area contributed by atoms with Gasteiger partial charge >= 0.3 is 0 Å². The van der Waals surface area contributed by atoms with Crippen LogP contribution in [0.3, 0.4) is 0 Å². The van der Waals surface area contributed by atoms with Crippen molar-refractivity contribution in [1.29, 1.82) is 0 Å². The van der Waals surface area contributed by atoms with Crippen molar-refractivity contribution in [1.82, 2.24) is 25.1 Å². The lowest BCUT2D eigenvalue weighted by Gasteiger charge is -2.37. The third-order valence-electron chi connectivity index (χ3n) is 6.31. The summed E-state index contributed by atoms with van der Waals surface area (Å²) in [4.78, 5) is 25.6. The predicted molar refractivity (Wildman–Crippen MR) is 117 cm³/mol. The van der Waals surface area contributed by atoms with E-state index in [9.17, 15) is 4.79 Å². The van der Waals surface area contributed by atoms with E-state index in [1.54, 1.807) is 6.07 Å². The van der Waals surface area contributed by atoms with Crippen molar-refractivity contribution in [3.05, 3.63) is 47.4 Å². The van der Waals surface area contributed by atoms with Crippen LogP contribution in [0.1, 0.15) is 37.4 Å². The number of hydrogen-bond donors (Lipinski definition) is 1. The molecule has 0 radical (unpaired) electrons. The van der Waals surface area contributed by atoms with Crippen LogP contribution in [0.5, 0.6) is 0 Å². The minimum absolute atomic E-state index is 0.0129. The highest BCUT2D eigenvalue weighted by Crippen LogP contribution is 2.30. The molecule has 0 saturated carbocycles. The van der Waals surface area contributed by atoms with Crippen LogP contribution < -0.4 is 4.90 Å². The second kappa shape index (κ2) is 8.22. The number of benzene rings is 1. The van der Waals surface area contributed by atoms with E-state index in [4.69, 9.17) is 16.6 Å². The Morgan fingerprint density at radius 2 is 1.87 bits per heavy atom. The molecule has 1 atom stereocenters. The zero-order valence-electron chi connectivity index (χ0n) is 16.8. The van der Waals surface area contributed by atoms with E-state index in [0.29, 0.717) is 17.6 Å². The molecule has 2 aromatic heterocycles. The molecule has 7 nitrogen and oxygen atoms in total. The molecule has 1 N–H and O–H groups in total. The number of para-hydroxylation sites is 2. The monoisotopic (exact) mass is 424 g/mol. The SMILES string of the molecule is O=C([C@H]1CCCN(c2ccc(Cl)nn2)C1)N1CCC(c2nc3ccccc3[nH]2)CC1. The maximum atomic E-state index is 13.2. The van der Waals surface area contributed by atoms with Crippen LogP contribution in [-0.2, 0) is 4.79 Å². The van der Waals surface area contributed by atoms with Crippen molar-refractivity contribution in [2.75, 3.05) is 31.1 Å². The lowest BCUT2D eigenvalue weighted by Crippen LogP contribution is -2.47. The zero-order valence-corrected chi connectivity index (χ0v) is 17.6. The summed E-state index contributed by atoms with van der Waals surface area (Å²) in [5.74, 6) is 2.51. The highest BCUT2D eigenvalue weighted by atomic mass is 35.5. The molecular formula is C22H25ClN6O. The number of amides is 1.